The number of aryl methyl sites for hydroxylation is 1. The Bertz CT molecular complexity index is 744. The van der Waals surface area contributed by atoms with Crippen LogP contribution in [0.4, 0.5) is 10.1 Å². The summed E-state index contributed by atoms with van der Waals surface area (Å²) >= 11 is 0. The number of guanidine groups is 1. The van der Waals surface area contributed by atoms with E-state index in [9.17, 15) is 9.18 Å². The van der Waals surface area contributed by atoms with Crippen molar-refractivity contribution in [1.82, 2.24) is 10.6 Å². The summed E-state index contributed by atoms with van der Waals surface area (Å²) in [5, 5.41) is 8.98. The van der Waals surface area contributed by atoms with Crippen molar-refractivity contribution in [2.45, 2.75) is 19.8 Å². The fourth-order valence-corrected chi connectivity index (χ4v) is 2.44. The zero-order chi connectivity index (χ0) is 18.8. The van der Waals surface area contributed by atoms with Gasteiger partial charge in [-0.25, -0.2) is 4.39 Å². The summed E-state index contributed by atoms with van der Waals surface area (Å²) in [5.41, 5.74) is 2.99. The normalized spacial score (nSPS) is 11.1. The molecule has 0 aliphatic heterocycles. The third-order valence-corrected chi connectivity index (χ3v) is 3.88. The minimum atomic E-state index is -0.241. The second-order valence-corrected chi connectivity index (χ2v) is 5.83. The number of halogens is 1. The quantitative estimate of drug-likeness (QED) is 0.528. The molecule has 1 amide bonds. The first-order chi connectivity index (χ1) is 12.6. The first kappa shape index (κ1) is 19.4. The maximum Gasteiger partial charge on any atom is 0.243 e. The van der Waals surface area contributed by atoms with Gasteiger partial charge in [0.05, 0.1) is 6.54 Å². The Balaban J connectivity index is 1.73. The smallest absolute Gasteiger partial charge is 0.243 e. The van der Waals surface area contributed by atoms with Gasteiger partial charge in [0.2, 0.25) is 5.91 Å². The number of anilines is 1. The number of benzene rings is 2. The van der Waals surface area contributed by atoms with Crippen LogP contribution in [0.2, 0.25) is 0 Å². The van der Waals surface area contributed by atoms with Crippen molar-refractivity contribution in [2.24, 2.45) is 4.99 Å². The number of rotatable bonds is 7. The van der Waals surface area contributed by atoms with Crippen LogP contribution in [0.3, 0.4) is 0 Å². The van der Waals surface area contributed by atoms with E-state index in [1.807, 2.05) is 24.3 Å². The zero-order valence-electron chi connectivity index (χ0n) is 15.2. The van der Waals surface area contributed by atoms with E-state index in [1.54, 1.807) is 19.2 Å². The van der Waals surface area contributed by atoms with Crippen LogP contribution in [0.15, 0.2) is 53.5 Å². The van der Waals surface area contributed by atoms with Crippen LogP contribution in [-0.2, 0) is 17.6 Å². The Hall–Kier alpha value is -2.89. The molecule has 0 aromatic heterocycles. The standard InChI is InChI=1S/C20H25FN4O/c1-3-15-5-4-6-18(13-15)25-19(26)14-24-20(22-2)23-12-11-16-7-9-17(21)10-8-16/h4-10,13H,3,11-12,14H2,1-2H3,(H,25,26)(H2,22,23,24). The molecule has 2 aromatic carbocycles. The Morgan fingerprint density at radius 3 is 2.54 bits per heavy atom. The number of carbonyl (C=O) groups excluding carboxylic acids is 1. The van der Waals surface area contributed by atoms with Gasteiger partial charge in [-0.1, -0.05) is 31.2 Å². The zero-order valence-corrected chi connectivity index (χ0v) is 15.2. The third kappa shape index (κ3) is 6.55. The van der Waals surface area contributed by atoms with Gasteiger partial charge >= 0.3 is 0 Å². The van der Waals surface area contributed by atoms with E-state index in [-0.39, 0.29) is 18.3 Å². The average Bonchev–Trinajstić information content (AvgIpc) is 2.66. The lowest BCUT2D eigenvalue weighted by atomic mass is 10.1. The summed E-state index contributed by atoms with van der Waals surface area (Å²) in [7, 11) is 1.65. The van der Waals surface area contributed by atoms with Gasteiger partial charge in [0.15, 0.2) is 5.96 Å². The molecule has 0 fully saturated rings. The second kappa shape index (κ2) is 10.2. The molecular weight excluding hydrogens is 331 g/mol. The van der Waals surface area contributed by atoms with Crippen LogP contribution in [0.5, 0.6) is 0 Å². The predicted octanol–water partition coefficient (Wildman–Crippen LogP) is 2.73. The highest BCUT2D eigenvalue weighted by atomic mass is 19.1. The van der Waals surface area contributed by atoms with E-state index in [4.69, 9.17) is 0 Å². The highest BCUT2D eigenvalue weighted by molar-refractivity contribution is 5.95. The SMILES string of the molecule is CCc1cccc(NC(=O)CNC(=NC)NCCc2ccc(F)cc2)c1. The van der Waals surface area contributed by atoms with Crippen molar-refractivity contribution >= 4 is 17.6 Å². The highest BCUT2D eigenvalue weighted by Crippen LogP contribution is 2.10. The van der Waals surface area contributed by atoms with Gasteiger partial charge in [-0.05, 0) is 48.2 Å². The van der Waals surface area contributed by atoms with Crippen LogP contribution in [0, 0.1) is 5.82 Å². The fourth-order valence-electron chi connectivity index (χ4n) is 2.44. The minimum absolute atomic E-state index is 0.118. The van der Waals surface area contributed by atoms with Crippen molar-refractivity contribution in [3.63, 3.8) is 0 Å². The number of carbonyl (C=O) groups is 1. The van der Waals surface area contributed by atoms with Crippen molar-refractivity contribution in [3.05, 3.63) is 65.5 Å². The molecule has 2 aromatic rings. The summed E-state index contributed by atoms with van der Waals surface area (Å²) in [4.78, 5) is 16.2. The van der Waals surface area contributed by atoms with E-state index in [2.05, 4.69) is 27.9 Å². The molecule has 0 heterocycles. The molecule has 0 bridgehead atoms. The lowest BCUT2D eigenvalue weighted by molar-refractivity contribution is -0.115. The van der Waals surface area contributed by atoms with E-state index in [1.165, 1.54) is 17.7 Å². The number of aliphatic imine (C=N–C) groups is 1. The monoisotopic (exact) mass is 356 g/mol. The van der Waals surface area contributed by atoms with Gasteiger partial charge in [0.1, 0.15) is 5.82 Å². The fraction of sp³-hybridized carbons (Fsp3) is 0.300. The Morgan fingerprint density at radius 1 is 1.08 bits per heavy atom. The molecule has 0 spiro atoms. The Morgan fingerprint density at radius 2 is 1.85 bits per heavy atom. The Kier molecular flexibility index (Phi) is 7.61. The number of nitrogens with zero attached hydrogens (tertiary/aromatic N) is 1. The lowest BCUT2D eigenvalue weighted by Crippen LogP contribution is -2.42. The first-order valence-electron chi connectivity index (χ1n) is 8.68. The Labute approximate surface area is 153 Å². The number of amides is 1. The maximum atomic E-state index is 12.9. The number of nitrogens with one attached hydrogen (secondary N) is 3. The summed E-state index contributed by atoms with van der Waals surface area (Å²) in [6.45, 7) is 2.82. The largest absolute Gasteiger partial charge is 0.356 e. The van der Waals surface area contributed by atoms with Gasteiger partial charge in [0, 0.05) is 19.3 Å². The molecule has 5 nitrogen and oxygen atoms in total. The molecule has 6 heteroatoms. The summed E-state index contributed by atoms with van der Waals surface area (Å²) in [5.74, 6) is 0.166. The molecule has 0 aliphatic rings. The molecule has 0 aliphatic carbocycles. The molecule has 0 radical (unpaired) electrons. The first-order valence-corrected chi connectivity index (χ1v) is 8.68. The molecule has 0 saturated heterocycles. The molecule has 3 N–H and O–H groups in total. The van der Waals surface area contributed by atoms with Crippen molar-refractivity contribution in [3.8, 4) is 0 Å². The van der Waals surface area contributed by atoms with Gasteiger partial charge in [-0.3, -0.25) is 9.79 Å². The molecule has 138 valence electrons. The van der Waals surface area contributed by atoms with Crippen molar-refractivity contribution < 1.29 is 9.18 Å². The average molecular weight is 356 g/mol. The van der Waals surface area contributed by atoms with Crippen LogP contribution >= 0.6 is 0 Å². The molecule has 2 rings (SSSR count). The summed E-state index contributed by atoms with van der Waals surface area (Å²) in [6.07, 6.45) is 1.66. The minimum Gasteiger partial charge on any atom is -0.356 e. The molecule has 0 atom stereocenters. The third-order valence-electron chi connectivity index (χ3n) is 3.88. The van der Waals surface area contributed by atoms with E-state index >= 15 is 0 Å². The summed E-state index contributed by atoms with van der Waals surface area (Å²) < 4.78 is 12.9. The number of hydrogen-bond donors (Lipinski definition) is 3. The van der Waals surface area contributed by atoms with Gasteiger partial charge < -0.3 is 16.0 Å². The van der Waals surface area contributed by atoms with Gasteiger partial charge in [0.25, 0.3) is 0 Å². The van der Waals surface area contributed by atoms with E-state index in [0.717, 1.165) is 24.1 Å². The van der Waals surface area contributed by atoms with Crippen LogP contribution in [0.25, 0.3) is 0 Å². The van der Waals surface area contributed by atoms with Gasteiger partial charge in [-0.2, -0.15) is 0 Å². The predicted molar refractivity (Wildman–Crippen MR) is 104 cm³/mol. The molecule has 0 saturated carbocycles. The second-order valence-electron chi connectivity index (χ2n) is 5.83. The van der Waals surface area contributed by atoms with Crippen LogP contribution in [-0.4, -0.2) is 32.0 Å². The molecular formula is C20H25FN4O. The van der Waals surface area contributed by atoms with E-state index in [0.29, 0.717) is 12.5 Å². The highest BCUT2D eigenvalue weighted by Gasteiger charge is 2.05. The van der Waals surface area contributed by atoms with Gasteiger partial charge in [-0.15, -0.1) is 0 Å². The maximum absolute atomic E-state index is 12.9. The summed E-state index contributed by atoms with van der Waals surface area (Å²) in [6, 6.07) is 14.2. The molecule has 0 unspecified atom stereocenters. The topological polar surface area (TPSA) is 65.5 Å². The van der Waals surface area contributed by atoms with Crippen LogP contribution in [0.1, 0.15) is 18.1 Å². The van der Waals surface area contributed by atoms with Crippen molar-refractivity contribution in [1.29, 1.82) is 0 Å². The number of hydrogen-bond acceptors (Lipinski definition) is 2. The van der Waals surface area contributed by atoms with Crippen LogP contribution < -0.4 is 16.0 Å². The van der Waals surface area contributed by atoms with E-state index < -0.39 is 0 Å². The lowest BCUT2D eigenvalue weighted by Gasteiger charge is -2.12. The molecule has 26 heavy (non-hydrogen) atoms. The van der Waals surface area contributed by atoms with Crippen molar-refractivity contribution in [2.75, 3.05) is 25.5 Å².